The Morgan fingerprint density at radius 1 is 0.963 bits per heavy atom. The van der Waals surface area contributed by atoms with E-state index in [0.717, 1.165) is 32.0 Å². The van der Waals surface area contributed by atoms with Gasteiger partial charge in [-0.25, -0.2) is 23.1 Å². The molecule has 144 valence electrons. The maximum absolute atomic E-state index is 13.4. The van der Waals surface area contributed by atoms with Crippen LogP contribution in [0.5, 0.6) is 5.75 Å². The lowest BCUT2D eigenvalue weighted by molar-refractivity contribution is 0.0284. The van der Waals surface area contributed by atoms with Crippen LogP contribution in [0.15, 0.2) is 30.6 Å². The van der Waals surface area contributed by atoms with E-state index < -0.39 is 17.5 Å². The molecule has 0 bridgehead atoms. The monoisotopic (exact) mass is 378 g/mol. The van der Waals surface area contributed by atoms with Crippen molar-refractivity contribution in [3.8, 4) is 5.75 Å². The topological polar surface area (TPSA) is 41.5 Å². The smallest absolute Gasteiger partial charge is 0.225 e. The highest BCUT2D eigenvalue weighted by Gasteiger charge is 2.39. The average molecular weight is 378 g/mol. The van der Waals surface area contributed by atoms with Crippen molar-refractivity contribution in [3.05, 3.63) is 48.0 Å². The van der Waals surface area contributed by atoms with Crippen molar-refractivity contribution < 1.29 is 17.9 Å². The molecule has 2 fully saturated rings. The van der Waals surface area contributed by atoms with E-state index >= 15 is 0 Å². The molecule has 1 aromatic heterocycles. The van der Waals surface area contributed by atoms with Crippen LogP contribution in [0.2, 0.25) is 0 Å². The zero-order chi connectivity index (χ0) is 19.0. The van der Waals surface area contributed by atoms with Crippen molar-refractivity contribution in [1.29, 1.82) is 0 Å². The summed E-state index contributed by atoms with van der Waals surface area (Å²) in [5.41, 5.74) is 0. The Morgan fingerprint density at radius 3 is 2.37 bits per heavy atom. The van der Waals surface area contributed by atoms with Gasteiger partial charge in [-0.2, -0.15) is 0 Å². The molecule has 0 saturated carbocycles. The van der Waals surface area contributed by atoms with E-state index in [-0.39, 0.29) is 17.9 Å². The van der Waals surface area contributed by atoms with Gasteiger partial charge in [-0.1, -0.05) is 0 Å². The van der Waals surface area contributed by atoms with Crippen molar-refractivity contribution in [2.24, 2.45) is 0 Å². The number of piperazine rings is 1. The van der Waals surface area contributed by atoms with Crippen molar-refractivity contribution in [1.82, 2.24) is 14.9 Å². The second kappa shape index (κ2) is 7.34. The van der Waals surface area contributed by atoms with Gasteiger partial charge in [-0.05, 0) is 19.8 Å². The highest BCUT2D eigenvalue weighted by Crippen LogP contribution is 2.30. The van der Waals surface area contributed by atoms with Crippen LogP contribution in [-0.4, -0.2) is 52.7 Å². The Labute approximate surface area is 155 Å². The Morgan fingerprint density at radius 2 is 1.67 bits per heavy atom. The Bertz CT molecular complexity index is 784. The number of aromatic nitrogens is 2. The van der Waals surface area contributed by atoms with Crippen molar-refractivity contribution >= 4 is 5.95 Å². The molecular weight excluding hydrogens is 357 g/mol. The van der Waals surface area contributed by atoms with E-state index in [0.29, 0.717) is 18.5 Å². The number of ether oxygens (including phenoxy) is 1. The molecule has 1 aromatic carbocycles. The lowest BCUT2D eigenvalue weighted by Crippen LogP contribution is -2.62. The maximum atomic E-state index is 13.4. The molecular formula is C19H21F3N4O. The molecule has 4 rings (SSSR count). The zero-order valence-corrected chi connectivity index (χ0v) is 15.0. The highest BCUT2D eigenvalue weighted by molar-refractivity contribution is 5.33. The molecule has 1 unspecified atom stereocenters. The SMILES string of the molecule is CC1[C@@H]2CC[C@H](Oc3cc(F)cc(F)c3)CN2CCN1c1ncc(F)cn1. The molecule has 0 aliphatic carbocycles. The van der Waals surface area contributed by atoms with E-state index in [1.165, 1.54) is 24.5 Å². The van der Waals surface area contributed by atoms with Crippen molar-refractivity contribution in [2.75, 3.05) is 24.5 Å². The number of hydrogen-bond donors (Lipinski definition) is 0. The molecule has 3 heterocycles. The third-order valence-electron chi connectivity index (χ3n) is 5.37. The summed E-state index contributed by atoms with van der Waals surface area (Å²) in [5.74, 6) is -0.962. The van der Waals surface area contributed by atoms with E-state index in [2.05, 4.69) is 26.7 Å². The largest absolute Gasteiger partial charge is 0.489 e. The first kappa shape index (κ1) is 18.0. The van der Waals surface area contributed by atoms with Gasteiger partial charge in [0.15, 0.2) is 5.82 Å². The van der Waals surface area contributed by atoms with Crippen LogP contribution < -0.4 is 9.64 Å². The van der Waals surface area contributed by atoms with Gasteiger partial charge in [0, 0.05) is 49.9 Å². The van der Waals surface area contributed by atoms with Gasteiger partial charge >= 0.3 is 0 Å². The van der Waals surface area contributed by atoms with Crippen LogP contribution in [0.3, 0.4) is 0 Å². The number of rotatable bonds is 3. The summed E-state index contributed by atoms with van der Waals surface area (Å²) < 4.78 is 45.6. The second-order valence-electron chi connectivity index (χ2n) is 7.12. The fourth-order valence-electron chi connectivity index (χ4n) is 4.10. The van der Waals surface area contributed by atoms with Crippen LogP contribution in [0, 0.1) is 17.5 Å². The van der Waals surface area contributed by atoms with Crippen LogP contribution in [-0.2, 0) is 0 Å². The molecule has 5 nitrogen and oxygen atoms in total. The van der Waals surface area contributed by atoms with Gasteiger partial charge in [0.2, 0.25) is 5.95 Å². The standard InChI is InChI=1S/C19H21F3N4O/c1-12-18-3-2-16(27-17-7-13(20)6-14(21)8-17)11-25(18)4-5-26(12)19-23-9-15(22)10-24-19/h6-10,12,16,18H,2-5,11H2,1H3/t12?,16-,18-/m0/s1. The maximum Gasteiger partial charge on any atom is 0.225 e. The van der Waals surface area contributed by atoms with E-state index in [1.807, 2.05) is 0 Å². The summed E-state index contributed by atoms with van der Waals surface area (Å²) >= 11 is 0. The van der Waals surface area contributed by atoms with Gasteiger partial charge in [0.1, 0.15) is 23.5 Å². The third kappa shape index (κ3) is 3.85. The van der Waals surface area contributed by atoms with E-state index in [4.69, 9.17) is 4.74 Å². The van der Waals surface area contributed by atoms with Gasteiger partial charge in [-0.15, -0.1) is 0 Å². The molecule has 0 spiro atoms. The predicted molar refractivity (Wildman–Crippen MR) is 94.2 cm³/mol. The molecule has 0 N–H and O–H groups in total. The summed E-state index contributed by atoms with van der Waals surface area (Å²) in [6, 6.07) is 3.74. The van der Waals surface area contributed by atoms with Crippen LogP contribution in [0.4, 0.5) is 19.1 Å². The predicted octanol–water partition coefficient (Wildman–Crippen LogP) is 3.01. The summed E-state index contributed by atoms with van der Waals surface area (Å²) in [4.78, 5) is 12.6. The minimum absolute atomic E-state index is 0.108. The molecule has 2 aliphatic rings. The molecule has 2 aliphatic heterocycles. The first-order valence-electron chi connectivity index (χ1n) is 9.10. The number of halogens is 3. The molecule has 27 heavy (non-hydrogen) atoms. The van der Waals surface area contributed by atoms with Gasteiger partial charge < -0.3 is 9.64 Å². The quantitative estimate of drug-likeness (QED) is 0.821. The van der Waals surface area contributed by atoms with Crippen molar-refractivity contribution in [3.63, 3.8) is 0 Å². The molecule has 2 saturated heterocycles. The minimum atomic E-state index is -0.639. The zero-order valence-electron chi connectivity index (χ0n) is 15.0. The molecule has 8 heteroatoms. The number of piperidine rings is 1. The van der Waals surface area contributed by atoms with Crippen molar-refractivity contribution in [2.45, 2.75) is 38.0 Å². The number of benzene rings is 1. The fraction of sp³-hybridized carbons (Fsp3) is 0.474. The van der Waals surface area contributed by atoms with E-state index in [9.17, 15) is 13.2 Å². The second-order valence-corrected chi connectivity index (χ2v) is 7.12. The molecule has 0 radical (unpaired) electrons. The number of fused-ring (bicyclic) bond motifs is 1. The summed E-state index contributed by atoms with van der Waals surface area (Å²) in [7, 11) is 0. The number of nitrogens with zero attached hydrogens (tertiary/aromatic N) is 4. The third-order valence-corrected chi connectivity index (χ3v) is 5.37. The van der Waals surface area contributed by atoms with E-state index in [1.54, 1.807) is 0 Å². The van der Waals surface area contributed by atoms with Crippen LogP contribution in [0.25, 0.3) is 0 Å². The van der Waals surface area contributed by atoms with Gasteiger partial charge in [0.05, 0.1) is 12.4 Å². The van der Waals surface area contributed by atoms with Gasteiger partial charge in [-0.3, -0.25) is 4.90 Å². The fourth-order valence-corrected chi connectivity index (χ4v) is 4.10. The Hall–Kier alpha value is -2.35. The molecule has 2 aromatic rings. The lowest BCUT2D eigenvalue weighted by atomic mass is 9.92. The molecule has 0 amide bonds. The van der Waals surface area contributed by atoms with Crippen LogP contribution in [0.1, 0.15) is 19.8 Å². The lowest BCUT2D eigenvalue weighted by Gasteiger charge is -2.50. The summed E-state index contributed by atoms with van der Waals surface area (Å²) in [6.45, 7) is 4.34. The Kier molecular flexibility index (Phi) is 4.90. The first-order chi connectivity index (χ1) is 13.0. The number of anilines is 1. The summed E-state index contributed by atoms with van der Waals surface area (Å²) in [5, 5.41) is 0. The number of hydrogen-bond acceptors (Lipinski definition) is 5. The summed E-state index contributed by atoms with van der Waals surface area (Å²) in [6.07, 6.45) is 3.95. The first-order valence-corrected chi connectivity index (χ1v) is 9.10. The van der Waals surface area contributed by atoms with Gasteiger partial charge in [0.25, 0.3) is 0 Å². The average Bonchev–Trinajstić information content (AvgIpc) is 2.62. The Balaban J connectivity index is 1.41. The molecule has 3 atom stereocenters. The normalized spacial score (nSPS) is 25.9. The highest BCUT2D eigenvalue weighted by atomic mass is 19.1. The van der Waals surface area contributed by atoms with Crippen LogP contribution >= 0.6 is 0 Å². The minimum Gasteiger partial charge on any atom is -0.489 e.